The van der Waals surface area contributed by atoms with Gasteiger partial charge in [0.1, 0.15) is 12.1 Å². The molecule has 0 radical (unpaired) electrons. The number of aryl methyl sites for hydroxylation is 1. The van der Waals surface area contributed by atoms with Crippen molar-refractivity contribution in [3.8, 4) is 11.5 Å². The minimum atomic E-state index is -4.60. The van der Waals surface area contributed by atoms with Gasteiger partial charge in [0.25, 0.3) is 0 Å². The summed E-state index contributed by atoms with van der Waals surface area (Å²) in [6.07, 6.45) is -1.65. The molecule has 0 atom stereocenters. The number of hydrogen-bond acceptors (Lipinski definition) is 2. The van der Waals surface area contributed by atoms with Crippen LogP contribution in [-0.2, 0) is 12.6 Å². The lowest BCUT2D eigenvalue weighted by molar-refractivity contribution is -0.137. The zero-order valence-electron chi connectivity index (χ0n) is 10.2. The van der Waals surface area contributed by atoms with Gasteiger partial charge >= 0.3 is 6.18 Å². The van der Waals surface area contributed by atoms with E-state index in [1.807, 2.05) is 0 Å². The van der Waals surface area contributed by atoms with Gasteiger partial charge in [-0.05, 0) is 35.5 Å². The lowest BCUT2D eigenvalue weighted by Gasteiger charge is -2.07. The Morgan fingerprint density at radius 3 is 2.60 bits per heavy atom. The second-order valence-electron chi connectivity index (χ2n) is 4.16. The van der Waals surface area contributed by atoms with Gasteiger partial charge in [-0.15, -0.1) is 0 Å². The quantitative estimate of drug-likeness (QED) is 0.417. The van der Waals surface area contributed by atoms with E-state index in [0.29, 0.717) is 18.2 Å². The molecule has 2 aromatic rings. The van der Waals surface area contributed by atoms with E-state index in [2.05, 4.69) is 27.6 Å². The first-order chi connectivity index (χ1) is 9.40. The topological polar surface area (TPSA) is 26.0 Å². The van der Waals surface area contributed by atoms with Crippen molar-refractivity contribution in [2.45, 2.75) is 19.0 Å². The van der Waals surface area contributed by atoms with Crippen LogP contribution in [0.1, 0.15) is 17.7 Å². The first-order valence-corrected chi connectivity index (χ1v) is 7.31. The fourth-order valence-corrected chi connectivity index (χ4v) is 2.06. The molecule has 0 saturated carbocycles. The number of hydrogen-bond donors (Lipinski definition) is 0. The number of rotatable bonds is 4. The summed E-state index contributed by atoms with van der Waals surface area (Å²) in [5.74, 6) is -0.972. The number of alkyl halides is 4. The van der Waals surface area contributed by atoms with Gasteiger partial charge in [-0.3, -0.25) is 0 Å². The van der Waals surface area contributed by atoms with Crippen LogP contribution in [0.15, 0.2) is 28.9 Å². The molecule has 2 rings (SSSR count). The van der Waals surface area contributed by atoms with Crippen LogP contribution in [0.2, 0.25) is 0 Å². The first kappa shape index (κ1) is 15.3. The molecule has 108 valence electrons. The van der Waals surface area contributed by atoms with E-state index in [4.69, 9.17) is 4.42 Å². The predicted octanol–water partition coefficient (Wildman–Crippen LogP) is 4.87. The Labute approximate surface area is 126 Å². The molecule has 20 heavy (non-hydrogen) atoms. The van der Waals surface area contributed by atoms with E-state index >= 15 is 0 Å². The summed E-state index contributed by atoms with van der Waals surface area (Å²) in [4.78, 5) is 4.08. The minimum Gasteiger partial charge on any atom is -0.444 e. The van der Waals surface area contributed by atoms with Crippen LogP contribution in [-0.4, -0.2) is 9.41 Å². The summed E-state index contributed by atoms with van der Waals surface area (Å²) in [5.41, 5.74) is -0.424. The maximum atomic E-state index is 13.3. The number of nitrogens with zero attached hydrogens (tertiary/aromatic N) is 1. The highest BCUT2D eigenvalue weighted by atomic mass is 127. The minimum absolute atomic E-state index is 0.00143. The zero-order chi connectivity index (χ0) is 14.8. The van der Waals surface area contributed by atoms with Gasteiger partial charge < -0.3 is 4.42 Å². The standard InChI is InChI=1S/C13H10F4INO/c14-10-5-8(4-9(6-10)13(15,16)17)12-19-11(7-20-12)2-1-3-18/h4-7H,1-3H2. The van der Waals surface area contributed by atoms with Crippen molar-refractivity contribution in [3.63, 3.8) is 0 Å². The Bertz CT molecular complexity index is 594. The summed E-state index contributed by atoms with van der Waals surface area (Å²) < 4.78 is 57.2. The molecule has 2 nitrogen and oxygen atoms in total. The van der Waals surface area contributed by atoms with Gasteiger partial charge in [-0.1, -0.05) is 22.6 Å². The molecule has 0 N–H and O–H groups in total. The Kier molecular flexibility index (Phi) is 4.66. The number of benzene rings is 1. The van der Waals surface area contributed by atoms with Gasteiger partial charge in [0.05, 0.1) is 11.3 Å². The molecule has 1 aromatic heterocycles. The highest BCUT2D eigenvalue weighted by Gasteiger charge is 2.31. The Balaban J connectivity index is 2.32. The number of aromatic nitrogens is 1. The summed E-state index contributed by atoms with van der Waals surface area (Å²) in [6, 6.07) is 2.25. The smallest absolute Gasteiger partial charge is 0.416 e. The van der Waals surface area contributed by atoms with E-state index in [1.54, 1.807) is 0 Å². The molecule has 0 saturated heterocycles. The van der Waals surface area contributed by atoms with Crippen LogP contribution >= 0.6 is 22.6 Å². The van der Waals surface area contributed by atoms with Crippen LogP contribution < -0.4 is 0 Å². The lowest BCUT2D eigenvalue weighted by atomic mass is 10.1. The van der Waals surface area contributed by atoms with E-state index < -0.39 is 17.6 Å². The van der Waals surface area contributed by atoms with Crippen LogP contribution in [0.4, 0.5) is 17.6 Å². The molecule has 0 aliphatic heterocycles. The molecule has 0 fully saturated rings. The van der Waals surface area contributed by atoms with Crippen molar-refractivity contribution < 1.29 is 22.0 Å². The molecular formula is C13H10F4INO. The van der Waals surface area contributed by atoms with Gasteiger partial charge in [0.2, 0.25) is 5.89 Å². The predicted molar refractivity (Wildman–Crippen MR) is 74.1 cm³/mol. The molecule has 1 aromatic carbocycles. The van der Waals surface area contributed by atoms with Crippen molar-refractivity contribution in [3.05, 3.63) is 41.5 Å². The second-order valence-corrected chi connectivity index (χ2v) is 5.24. The summed E-state index contributed by atoms with van der Waals surface area (Å²) in [7, 11) is 0. The van der Waals surface area contributed by atoms with E-state index in [-0.39, 0.29) is 11.5 Å². The highest BCUT2D eigenvalue weighted by Crippen LogP contribution is 2.33. The number of halogens is 5. The fourth-order valence-electron chi connectivity index (χ4n) is 1.68. The van der Waals surface area contributed by atoms with Crippen molar-refractivity contribution in [2.75, 3.05) is 4.43 Å². The van der Waals surface area contributed by atoms with Crippen LogP contribution in [0, 0.1) is 5.82 Å². The average molecular weight is 399 g/mol. The molecule has 0 bridgehead atoms. The Hall–Kier alpha value is -1.12. The number of oxazole rings is 1. The van der Waals surface area contributed by atoms with Crippen LogP contribution in [0.3, 0.4) is 0 Å². The molecule has 0 unspecified atom stereocenters. The summed E-state index contributed by atoms with van der Waals surface area (Å²) in [6.45, 7) is 0. The molecule has 1 heterocycles. The third-order valence-corrected chi connectivity index (χ3v) is 3.35. The van der Waals surface area contributed by atoms with Gasteiger partial charge in [0, 0.05) is 5.56 Å². The van der Waals surface area contributed by atoms with E-state index in [1.165, 1.54) is 6.26 Å². The second kappa shape index (κ2) is 6.11. The van der Waals surface area contributed by atoms with Crippen molar-refractivity contribution >= 4 is 22.6 Å². The van der Waals surface area contributed by atoms with Gasteiger partial charge in [-0.2, -0.15) is 13.2 Å². The lowest BCUT2D eigenvalue weighted by Crippen LogP contribution is -2.05. The average Bonchev–Trinajstić information content (AvgIpc) is 2.83. The third-order valence-electron chi connectivity index (χ3n) is 2.59. The summed E-state index contributed by atoms with van der Waals surface area (Å²) in [5, 5.41) is 0. The van der Waals surface area contributed by atoms with Crippen molar-refractivity contribution in [2.24, 2.45) is 0 Å². The van der Waals surface area contributed by atoms with Crippen molar-refractivity contribution in [1.82, 2.24) is 4.98 Å². The Morgan fingerprint density at radius 2 is 1.95 bits per heavy atom. The molecule has 0 amide bonds. The molecular weight excluding hydrogens is 389 g/mol. The van der Waals surface area contributed by atoms with E-state index in [0.717, 1.165) is 23.0 Å². The van der Waals surface area contributed by atoms with Crippen molar-refractivity contribution in [1.29, 1.82) is 0 Å². The zero-order valence-corrected chi connectivity index (χ0v) is 12.3. The van der Waals surface area contributed by atoms with Crippen LogP contribution in [0.5, 0.6) is 0 Å². The summed E-state index contributed by atoms with van der Waals surface area (Å²) >= 11 is 2.22. The van der Waals surface area contributed by atoms with Gasteiger partial charge in [-0.25, -0.2) is 9.37 Å². The van der Waals surface area contributed by atoms with E-state index in [9.17, 15) is 17.6 Å². The third kappa shape index (κ3) is 3.71. The van der Waals surface area contributed by atoms with Gasteiger partial charge in [0.15, 0.2) is 0 Å². The maximum absolute atomic E-state index is 13.3. The molecule has 0 spiro atoms. The van der Waals surface area contributed by atoms with Crippen LogP contribution in [0.25, 0.3) is 11.5 Å². The molecule has 7 heteroatoms. The first-order valence-electron chi connectivity index (χ1n) is 5.78. The normalized spacial score (nSPS) is 11.8. The molecule has 0 aliphatic carbocycles. The maximum Gasteiger partial charge on any atom is 0.416 e. The monoisotopic (exact) mass is 399 g/mol. The molecule has 0 aliphatic rings. The SMILES string of the molecule is Fc1cc(-c2nc(CCCI)co2)cc(C(F)(F)F)c1. The fraction of sp³-hybridized carbons (Fsp3) is 0.308. The largest absolute Gasteiger partial charge is 0.444 e. The highest BCUT2D eigenvalue weighted by molar-refractivity contribution is 14.1. The Morgan fingerprint density at radius 1 is 1.20 bits per heavy atom.